The highest BCUT2D eigenvalue weighted by Crippen LogP contribution is 2.31. The van der Waals surface area contributed by atoms with E-state index < -0.39 is 29.5 Å². The molecule has 1 aromatic heterocycles. The van der Waals surface area contributed by atoms with Crippen LogP contribution in [0.25, 0.3) is 0 Å². The minimum Gasteiger partial charge on any atom is -0.444 e. The van der Waals surface area contributed by atoms with Gasteiger partial charge in [0, 0.05) is 18.0 Å². The van der Waals surface area contributed by atoms with Crippen LogP contribution in [0.15, 0.2) is 12.4 Å². The Kier molecular flexibility index (Phi) is 4.53. The number of halogens is 3. The van der Waals surface area contributed by atoms with Gasteiger partial charge in [-0.05, 0) is 20.8 Å². The fraction of sp³-hybridized carbons (Fsp3) is 0.545. The van der Waals surface area contributed by atoms with E-state index in [1.807, 2.05) is 0 Å². The number of aliphatic hydroxyl groups excluding tert-OH is 1. The van der Waals surface area contributed by atoms with Gasteiger partial charge in [0.25, 0.3) is 0 Å². The first-order valence-electron chi connectivity index (χ1n) is 5.56. The maximum atomic E-state index is 12.2. The number of ether oxygens (including phenoxy) is 1. The third-order valence-electron chi connectivity index (χ3n) is 1.91. The van der Waals surface area contributed by atoms with E-state index in [1.54, 1.807) is 20.8 Å². The van der Waals surface area contributed by atoms with Crippen LogP contribution in [0.4, 0.5) is 23.9 Å². The topological polar surface area (TPSA) is 84.3 Å². The van der Waals surface area contributed by atoms with Crippen molar-refractivity contribution >= 4 is 12.0 Å². The quantitative estimate of drug-likeness (QED) is 0.874. The zero-order chi connectivity index (χ0) is 15.6. The largest absolute Gasteiger partial charge is 0.444 e. The lowest BCUT2D eigenvalue weighted by atomic mass is 10.2. The third kappa shape index (κ3) is 5.00. The maximum Gasteiger partial charge on any atom is 0.418 e. The van der Waals surface area contributed by atoms with Crippen LogP contribution in [0, 0.1) is 0 Å². The van der Waals surface area contributed by atoms with Gasteiger partial charge in [0.2, 0.25) is 5.95 Å². The molecule has 112 valence electrons. The van der Waals surface area contributed by atoms with Crippen molar-refractivity contribution < 1.29 is 27.8 Å². The Hall–Kier alpha value is -1.90. The summed E-state index contributed by atoms with van der Waals surface area (Å²) in [5.41, 5.74) is -1.25. The summed E-state index contributed by atoms with van der Waals surface area (Å²) in [7, 11) is 0. The first-order chi connectivity index (χ1) is 8.99. The SMILES string of the molecule is CC(C)(C)OC(=O)Nc1ncc([C@H](O)C(F)(F)F)cn1. The van der Waals surface area contributed by atoms with Gasteiger partial charge in [0.15, 0.2) is 6.10 Å². The fourth-order valence-corrected chi connectivity index (χ4v) is 1.13. The smallest absolute Gasteiger partial charge is 0.418 e. The minimum absolute atomic E-state index is 0.225. The van der Waals surface area contributed by atoms with Crippen LogP contribution in [-0.2, 0) is 4.74 Å². The van der Waals surface area contributed by atoms with Gasteiger partial charge in [0.1, 0.15) is 5.60 Å². The Balaban J connectivity index is 2.70. The number of anilines is 1. The molecule has 0 aliphatic carbocycles. The molecule has 6 nitrogen and oxygen atoms in total. The van der Waals surface area contributed by atoms with Crippen LogP contribution in [-0.4, -0.2) is 32.9 Å². The maximum absolute atomic E-state index is 12.2. The average molecular weight is 293 g/mol. The molecule has 20 heavy (non-hydrogen) atoms. The lowest BCUT2D eigenvalue weighted by Gasteiger charge is -2.19. The highest BCUT2D eigenvalue weighted by Gasteiger charge is 2.39. The van der Waals surface area contributed by atoms with E-state index in [4.69, 9.17) is 9.84 Å². The fourth-order valence-electron chi connectivity index (χ4n) is 1.13. The highest BCUT2D eigenvalue weighted by atomic mass is 19.4. The molecular formula is C11H14F3N3O3. The van der Waals surface area contributed by atoms with Crippen molar-refractivity contribution in [2.24, 2.45) is 0 Å². The van der Waals surface area contributed by atoms with Crippen LogP contribution < -0.4 is 5.32 Å². The molecule has 0 saturated carbocycles. The summed E-state index contributed by atoms with van der Waals surface area (Å²) in [4.78, 5) is 18.4. The predicted molar refractivity (Wildman–Crippen MR) is 62.9 cm³/mol. The molecule has 0 saturated heterocycles. The van der Waals surface area contributed by atoms with Gasteiger partial charge >= 0.3 is 12.3 Å². The second-order valence-electron chi connectivity index (χ2n) is 4.91. The van der Waals surface area contributed by atoms with Gasteiger partial charge in [0.05, 0.1) is 0 Å². The number of nitrogens with one attached hydrogen (secondary N) is 1. The normalized spacial score (nSPS) is 13.8. The summed E-state index contributed by atoms with van der Waals surface area (Å²) in [6.07, 6.45) is -6.75. The Labute approximate surface area is 113 Å². The van der Waals surface area contributed by atoms with Gasteiger partial charge in [-0.2, -0.15) is 13.2 Å². The molecule has 0 aliphatic heterocycles. The minimum atomic E-state index is -4.80. The van der Waals surface area contributed by atoms with E-state index in [0.29, 0.717) is 0 Å². The van der Waals surface area contributed by atoms with Crippen LogP contribution in [0.3, 0.4) is 0 Å². The van der Waals surface area contributed by atoms with Gasteiger partial charge in [-0.25, -0.2) is 14.8 Å². The number of carbonyl (C=O) groups excluding carboxylic acids is 1. The summed E-state index contributed by atoms with van der Waals surface area (Å²) < 4.78 is 41.6. The number of hydrogen-bond donors (Lipinski definition) is 2. The molecule has 0 aromatic carbocycles. The Morgan fingerprint density at radius 1 is 1.30 bits per heavy atom. The zero-order valence-electron chi connectivity index (χ0n) is 11.0. The number of carbonyl (C=O) groups is 1. The van der Waals surface area contributed by atoms with Crippen molar-refractivity contribution in [2.75, 3.05) is 5.32 Å². The van der Waals surface area contributed by atoms with Gasteiger partial charge in [-0.15, -0.1) is 0 Å². The Bertz CT molecular complexity index is 469. The number of rotatable bonds is 2. The molecular weight excluding hydrogens is 279 g/mol. The van der Waals surface area contributed by atoms with Gasteiger partial charge in [-0.1, -0.05) is 0 Å². The first kappa shape index (κ1) is 16.2. The third-order valence-corrected chi connectivity index (χ3v) is 1.91. The molecule has 9 heteroatoms. The Morgan fingerprint density at radius 2 is 1.80 bits per heavy atom. The number of aliphatic hydroxyl groups is 1. The van der Waals surface area contributed by atoms with Crippen molar-refractivity contribution in [3.8, 4) is 0 Å². The molecule has 0 unspecified atom stereocenters. The van der Waals surface area contributed by atoms with Crippen LogP contribution in [0.2, 0.25) is 0 Å². The monoisotopic (exact) mass is 293 g/mol. The van der Waals surface area contributed by atoms with E-state index >= 15 is 0 Å². The van der Waals surface area contributed by atoms with Gasteiger partial charge < -0.3 is 9.84 Å². The zero-order valence-corrected chi connectivity index (χ0v) is 11.0. The lowest BCUT2D eigenvalue weighted by molar-refractivity contribution is -0.206. The molecule has 0 fully saturated rings. The van der Waals surface area contributed by atoms with Crippen molar-refractivity contribution in [1.29, 1.82) is 0 Å². The number of alkyl halides is 3. The molecule has 1 atom stereocenters. The van der Waals surface area contributed by atoms with Gasteiger partial charge in [-0.3, -0.25) is 5.32 Å². The van der Waals surface area contributed by atoms with Crippen molar-refractivity contribution in [1.82, 2.24) is 9.97 Å². The summed E-state index contributed by atoms with van der Waals surface area (Å²) in [5, 5.41) is 11.1. The molecule has 2 N–H and O–H groups in total. The van der Waals surface area contributed by atoms with E-state index in [1.165, 1.54) is 0 Å². The number of amides is 1. The Morgan fingerprint density at radius 3 is 2.20 bits per heavy atom. The molecule has 0 aliphatic rings. The summed E-state index contributed by atoms with van der Waals surface area (Å²) in [6, 6.07) is 0. The lowest BCUT2D eigenvalue weighted by Crippen LogP contribution is -2.28. The van der Waals surface area contributed by atoms with Crippen LogP contribution in [0.1, 0.15) is 32.4 Å². The highest BCUT2D eigenvalue weighted by molar-refractivity contribution is 5.82. The summed E-state index contributed by atoms with van der Waals surface area (Å²) in [6.45, 7) is 4.95. The molecule has 1 amide bonds. The number of nitrogens with zero attached hydrogens (tertiary/aromatic N) is 2. The van der Waals surface area contributed by atoms with E-state index in [0.717, 1.165) is 12.4 Å². The van der Waals surface area contributed by atoms with E-state index in [2.05, 4.69) is 15.3 Å². The standard InChI is InChI=1S/C11H14F3N3O3/c1-10(2,3)20-9(19)17-8-15-4-6(5-16-8)7(18)11(12,13)14/h4-5,7,18H,1-3H3,(H,15,16,17,19)/t7-/m0/s1. The first-order valence-corrected chi connectivity index (χ1v) is 5.56. The van der Waals surface area contributed by atoms with Crippen molar-refractivity contribution in [3.63, 3.8) is 0 Å². The van der Waals surface area contributed by atoms with Crippen molar-refractivity contribution in [2.45, 2.75) is 38.7 Å². The molecule has 1 aromatic rings. The number of aromatic nitrogens is 2. The second kappa shape index (κ2) is 5.61. The second-order valence-corrected chi connectivity index (χ2v) is 4.91. The molecule has 0 spiro atoms. The average Bonchev–Trinajstić information content (AvgIpc) is 2.25. The van der Waals surface area contributed by atoms with E-state index in [9.17, 15) is 18.0 Å². The molecule has 0 radical (unpaired) electrons. The molecule has 1 rings (SSSR count). The summed E-state index contributed by atoms with van der Waals surface area (Å²) >= 11 is 0. The summed E-state index contributed by atoms with van der Waals surface area (Å²) in [5.74, 6) is -0.225. The van der Waals surface area contributed by atoms with E-state index in [-0.39, 0.29) is 5.95 Å². The molecule has 0 bridgehead atoms. The molecule has 1 heterocycles. The van der Waals surface area contributed by atoms with Crippen LogP contribution in [0.5, 0.6) is 0 Å². The predicted octanol–water partition coefficient (Wildman–Crippen LogP) is 2.42. The van der Waals surface area contributed by atoms with Crippen molar-refractivity contribution in [3.05, 3.63) is 18.0 Å². The van der Waals surface area contributed by atoms with Crippen LogP contribution >= 0.6 is 0 Å². The number of hydrogen-bond acceptors (Lipinski definition) is 5.